The number of carbonyl (C=O) groups is 3. The number of carbonyl (C=O) groups excluding carboxylic acids is 3. The molecule has 0 spiro atoms. The molecule has 3 rings (SSSR count). The first-order valence-electron chi connectivity index (χ1n) is 10.7. The smallest absolute Gasteiger partial charge is 0.262 e. The Balaban J connectivity index is 1.41. The minimum atomic E-state index is -0.339. The number of aryl methyl sites for hydroxylation is 1. The Hall–Kier alpha value is -4.33. The molecule has 0 atom stereocenters. The molecule has 3 aromatic rings. The zero-order valence-electron chi connectivity index (χ0n) is 19.1. The Morgan fingerprint density at radius 3 is 2.00 bits per heavy atom. The Morgan fingerprint density at radius 2 is 1.38 bits per heavy atom. The van der Waals surface area contributed by atoms with Crippen molar-refractivity contribution in [2.24, 2.45) is 0 Å². The highest BCUT2D eigenvalue weighted by atomic mass is 16.5. The SMILES string of the molecule is COc1cc(C)ccc1OCC(=O)Nc1ccc(C(=O)NCCNC(=O)c2ccccc2)cc1. The van der Waals surface area contributed by atoms with E-state index in [0.29, 0.717) is 34.9 Å². The minimum absolute atomic E-state index is 0.184. The van der Waals surface area contributed by atoms with Gasteiger partial charge in [0.1, 0.15) is 0 Å². The van der Waals surface area contributed by atoms with Gasteiger partial charge in [0.15, 0.2) is 18.1 Å². The Bertz CT molecular complexity index is 1130. The number of methoxy groups -OCH3 is 1. The first-order chi connectivity index (χ1) is 16.5. The van der Waals surface area contributed by atoms with E-state index < -0.39 is 0 Å². The lowest BCUT2D eigenvalue weighted by Crippen LogP contribution is -2.34. The van der Waals surface area contributed by atoms with Gasteiger partial charge in [-0.05, 0) is 61.0 Å². The van der Waals surface area contributed by atoms with Gasteiger partial charge in [0, 0.05) is 29.9 Å². The third kappa shape index (κ3) is 7.09. The van der Waals surface area contributed by atoms with Crippen molar-refractivity contribution >= 4 is 23.4 Å². The largest absolute Gasteiger partial charge is 0.493 e. The number of amides is 3. The van der Waals surface area contributed by atoms with Crippen LogP contribution in [0.4, 0.5) is 5.69 Å². The second kappa shape index (κ2) is 12.1. The van der Waals surface area contributed by atoms with Gasteiger partial charge in [0.2, 0.25) is 0 Å². The molecule has 0 heterocycles. The number of benzene rings is 3. The molecular weight excluding hydrogens is 434 g/mol. The van der Waals surface area contributed by atoms with Crippen molar-refractivity contribution in [3.63, 3.8) is 0 Å². The van der Waals surface area contributed by atoms with E-state index in [-0.39, 0.29) is 30.9 Å². The summed E-state index contributed by atoms with van der Waals surface area (Å²) < 4.78 is 10.8. The zero-order chi connectivity index (χ0) is 24.3. The molecule has 3 amide bonds. The Labute approximate surface area is 198 Å². The van der Waals surface area contributed by atoms with Crippen molar-refractivity contribution in [1.82, 2.24) is 10.6 Å². The van der Waals surface area contributed by atoms with Crippen molar-refractivity contribution in [1.29, 1.82) is 0 Å². The average Bonchev–Trinajstić information content (AvgIpc) is 2.86. The monoisotopic (exact) mass is 461 g/mol. The Morgan fingerprint density at radius 1 is 0.765 bits per heavy atom. The first-order valence-corrected chi connectivity index (χ1v) is 10.7. The number of hydrogen-bond donors (Lipinski definition) is 3. The van der Waals surface area contributed by atoms with Crippen molar-refractivity contribution < 1.29 is 23.9 Å². The number of ether oxygens (including phenoxy) is 2. The van der Waals surface area contributed by atoms with Crippen molar-refractivity contribution in [3.8, 4) is 11.5 Å². The third-order valence-electron chi connectivity index (χ3n) is 4.84. The lowest BCUT2D eigenvalue weighted by atomic mass is 10.2. The summed E-state index contributed by atoms with van der Waals surface area (Å²) in [4.78, 5) is 36.5. The second-order valence-corrected chi connectivity index (χ2v) is 7.45. The molecule has 3 N–H and O–H groups in total. The lowest BCUT2D eigenvalue weighted by Gasteiger charge is -2.12. The summed E-state index contributed by atoms with van der Waals surface area (Å²) >= 11 is 0. The molecule has 0 aromatic heterocycles. The van der Waals surface area contributed by atoms with E-state index in [4.69, 9.17) is 9.47 Å². The van der Waals surface area contributed by atoms with Crippen LogP contribution in [0.1, 0.15) is 26.3 Å². The standard InChI is InChI=1S/C26H27N3O5/c1-18-8-13-22(23(16-18)33-2)34-17-24(30)29-21-11-9-20(10-12-21)26(32)28-15-14-27-25(31)19-6-4-3-5-7-19/h3-13,16H,14-15,17H2,1-2H3,(H,27,31)(H,28,32)(H,29,30). The van der Waals surface area contributed by atoms with Gasteiger partial charge in [-0.15, -0.1) is 0 Å². The molecule has 176 valence electrons. The maximum atomic E-state index is 12.3. The predicted octanol–water partition coefficient (Wildman–Crippen LogP) is 3.18. The third-order valence-corrected chi connectivity index (χ3v) is 4.84. The Kier molecular flexibility index (Phi) is 8.62. The summed E-state index contributed by atoms with van der Waals surface area (Å²) in [5, 5.41) is 8.22. The van der Waals surface area contributed by atoms with Gasteiger partial charge in [-0.3, -0.25) is 14.4 Å². The molecule has 0 bridgehead atoms. The van der Waals surface area contributed by atoms with Crippen LogP contribution < -0.4 is 25.4 Å². The molecule has 0 aliphatic heterocycles. The van der Waals surface area contributed by atoms with Crippen molar-refractivity contribution in [3.05, 3.63) is 89.5 Å². The second-order valence-electron chi connectivity index (χ2n) is 7.45. The fourth-order valence-electron chi connectivity index (χ4n) is 3.09. The minimum Gasteiger partial charge on any atom is -0.493 e. The molecule has 0 unspecified atom stereocenters. The molecule has 0 aliphatic rings. The van der Waals surface area contributed by atoms with Crippen LogP contribution in [-0.4, -0.2) is 44.5 Å². The van der Waals surface area contributed by atoms with Crippen LogP contribution in [0.5, 0.6) is 11.5 Å². The van der Waals surface area contributed by atoms with Gasteiger partial charge in [-0.25, -0.2) is 0 Å². The highest BCUT2D eigenvalue weighted by Gasteiger charge is 2.10. The lowest BCUT2D eigenvalue weighted by molar-refractivity contribution is -0.118. The molecule has 0 fully saturated rings. The van der Waals surface area contributed by atoms with Crippen LogP contribution in [0.2, 0.25) is 0 Å². The molecule has 34 heavy (non-hydrogen) atoms. The molecule has 8 nitrogen and oxygen atoms in total. The zero-order valence-corrected chi connectivity index (χ0v) is 19.1. The van der Waals surface area contributed by atoms with E-state index in [1.54, 1.807) is 61.7 Å². The van der Waals surface area contributed by atoms with Gasteiger partial charge < -0.3 is 25.4 Å². The van der Waals surface area contributed by atoms with Gasteiger partial charge in [0.25, 0.3) is 17.7 Å². The molecule has 0 radical (unpaired) electrons. The summed E-state index contributed by atoms with van der Waals surface area (Å²) in [5.74, 6) is 0.230. The van der Waals surface area contributed by atoms with Crippen LogP contribution in [0.3, 0.4) is 0 Å². The predicted molar refractivity (Wildman–Crippen MR) is 129 cm³/mol. The summed E-state index contributed by atoms with van der Waals surface area (Å²) in [6.45, 7) is 2.35. The molecule has 0 saturated heterocycles. The highest BCUT2D eigenvalue weighted by molar-refractivity contribution is 5.96. The molecule has 0 aliphatic carbocycles. The van der Waals surface area contributed by atoms with Crippen LogP contribution >= 0.6 is 0 Å². The van der Waals surface area contributed by atoms with Crippen molar-refractivity contribution in [2.45, 2.75) is 6.92 Å². The van der Waals surface area contributed by atoms with Crippen LogP contribution in [-0.2, 0) is 4.79 Å². The fraction of sp³-hybridized carbons (Fsp3) is 0.192. The first kappa shape index (κ1) is 24.3. The number of anilines is 1. The van der Waals surface area contributed by atoms with Crippen LogP contribution in [0, 0.1) is 6.92 Å². The maximum Gasteiger partial charge on any atom is 0.262 e. The topological polar surface area (TPSA) is 106 Å². The van der Waals surface area contributed by atoms with Gasteiger partial charge in [-0.2, -0.15) is 0 Å². The normalized spacial score (nSPS) is 10.2. The number of hydrogen-bond acceptors (Lipinski definition) is 5. The highest BCUT2D eigenvalue weighted by Crippen LogP contribution is 2.27. The van der Waals surface area contributed by atoms with E-state index in [9.17, 15) is 14.4 Å². The number of rotatable bonds is 10. The van der Waals surface area contributed by atoms with Gasteiger partial charge in [-0.1, -0.05) is 24.3 Å². The average molecular weight is 462 g/mol. The van der Waals surface area contributed by atoms with Crippen molar-refractivity contribution in [2.75, 3.05) is 32.1 Å². The van der Waals surface area contributed by atoms with E-state index in [1.165, 1.54) is 0 Å². The van der Waals surface area contributed by atoms with E-state index >= 15 is 0 Å². The summed E-state index contributed by atoms with van der Waals surface area (Å²) in [6, 6.07) is 20.8. The fourth-order valence-corrected chi connectivity index (χ4v) is 3.09. The quantitative estimate of drug-likeness (QED) is 0.402. The van der Waals surface area contributed by atoms with Crippen LogP contribution in [0.15, 0.2) is 72.8 Å². The van der Waals surface area contributed by atoms with E-state index in [1.807, 2.05) is 25.1 Å². The summed E-state index contributed by atoms with van der Waals surface area (Å²) in [5.41, 5.74) is 2.56. The summed E-state index contributed by atoms with van der Waals surface area (Å²) in [6.07, 6.45) is 0. The summed E-state index contributed by atoms with van der Waals surface area (Å²) in [7, 11) is 1.54. The van der Waals surface area contributed by atoms with E-state index in [2.05, 4.69) is 16.0 Å². The number of nitrogens with one attached hydrogen (secondary N) is 3. The van der Waals surface area contributed by atoms with Crippen LogP contribution in [0.25, 0.3) is 0 Å². The molecule has 3 aromatic carbocycles. The molecular formula is C26H27N3O5. The van der Waals surface area contributed by atoms with E-state index in [0.717, 1.165) is 5.56 Å². The molecule has 0 saturated carbocycles. The van der Waals surface area contributed by atoms with Gasteiger partial charge >= 0.3 is 0 Å². The maximum absolute atomic E-state index is 12.3. The molecule has 8 heteroatoms. The van der Waals surface area contributed by atoms with Gasteiger partial charge in [0.05, 0.1) is 7.11 Å².